The van der Waals surface area contributed by atoms with Gasteiger partial charge in [0.15, 0.2) is 5.78 Å². The van der Waals surface area contributed by atoms with Gasteiger partial charge in [0.1, 0.15) is 11.4 Å². The number of carbonyl (C=O) groups excluding carboxylic acids is 1. The number of aryl methyl sites for hydroxylation is 1. The van der Waals surface area contributed by atoms with Crippen LogP contribution < -0.4 is 0 Å². The maximum absolute atomic E-state index is 14.2. The molecule has 0 spiro atoms. The number of hydrogen-bond donors (Lipinski definition) is 0. The van der Waals surface area contributed by atoms with Crippen LogP contribution in [0.1, 0.15) is 32.6 Å². The topological polar surface area (TPSA) is 23.6 Å². The molecule has 0 saturated carbocycles. The van der Waals surface area contributed by atoms with E-state index in [1.54, 1.807) is 12.1 Å². The van der Waals surface area contributed by atoms with Gasteiger partial charge in [0.25, 0.3) is 0 Å². The van der Waals surface area contributed by atoms with Crippen LogP contribution in [0.15, 0.2) is 72.8 Å². The zero-order valence-corrected chi connectivity index (χ0v) is 17.9. The van der Waals surface area contributed by atoms with Gasteiger partial charge in [-0.05, 0) is 41.3 Å². The molecule has 0 bridgehead atoms. The number of hydrogen-bond acceptors (Lipinski definition) is 3. The molecule has 1 saturated heterocycles. The Bertz CT molecular complexity index is 1120. The molecular formula is C27H27FN2O. The number of Topliss-reactive ketones (excluding diaryl/α,β-unsaturated/α-hetero) is 1. The van der Waals surface area contributed by atoms with Crippen LogP contribution in [0.2, 0.25) is 0 Å². The molecule has 5 rings (SSSR count). The maximum Gasteiger partial charge on any atom is 0.188 e. The summed E-state index contributed by atoms with van der Waals surface area (Å²) in [6.07, 6.45) is 0.600. The molecule has 1 unspecified atom stereocenters. The summed E-state index contributed by atoms with van der Waals surface area (Å²) in [6, 6.07) is 23.0. The van der Waals surface area contributed by atoms with E-state index in [1.165, 1.54) is 17.2 Å². The number of piperazine rings is 1. The van der Waals surface area contributed by atoms with E-state index in [4.69, 9.17) is 0 Å². The molecule has 0 aromatic heterocycles. The van der Waals surface area contributed by atoms with Crippen molar-refractivity contribution in [1.29, 1.82) is 0 Å². The monoisotopic (exact) mass is 414 g/mol. The highest BCUT2D eigenvalue weighted by molar-refractivity contribution is 6.08. The Morgan fingerprint density at radius 3 is 2.39 bits per heavy atom. The highest BCUT2D eigenvalue weighted by Crippen LogP contribution is 2.43. The van der Waals surface area contributed by atoms with Gasteiger partial charge in [-0.1, -0.05) is 60.7 Å². The normalized spacial score (nSPS) is 21.9. The van der Waals surface area contributed by atoms with Crippen molar-refractivity contribution in [3.8, 4) is 0 Å². The number of carbonyl (C=O) groups is 1. The fourth-order valence-electron chi connectivity index (χ4n) is 5.21. The highest BCUT2D eigenvalue weighted by atomic mass is 19.1. The van der Waals surface area contributed by atoms with Crippen LogP contribution >= 0.6 is 0 Å². The minimum Gasteiger partial charge on any atom is -0.297 e. The van der Waals surface area contributed by atoms with E-state index < -0.39 is 5.54 Å². The average Bonchev–Trinajstić information content (AvgIpc) is 3.09. The zero-order chi connectivity index (χ0) is 21.4. The van der Waals surface area contributed by atoms with Crippen LogP contribution in [0.5, 0.6) is 0 Å². The second kappa shape index (κ2) is 8.03. The van der Waals surface area contributed by atoms with E-state index in [2.05, 4.69) is 41.0 Å². The number of halogens is 1. The fourth-order valence-corrected chi connectivity index (χ4v) is 5.21. The number of rotatable bonds is 4. The Labute approximate surface area is 183 Å². The van der Waals surface area contributed by atoms with E-state index in [0.717, 1.165) is 49.4 Å². The average molecular weight is 415 g/mol. The Hall–Kier alpha value is -2.82. The van der Waals surface area contributed by atoms with Gasteiger partial charge in [-0.25, -0.2) is 4.39 Å². The number of fused-ring (bicyclic) bond motifs is 1. The standard InChI is InChI=1S/C27H27FN2O/c1-20-7-2-3-9-22(20)19-29-13-15-30(16-14-29)27(23-10-6-11-24(28)17-23)18-21-8-4-5-12-25(21)26(27)31/h2-12,17H,13-16,18-19H2,1H3. The van der Waals surface area contributed by atoms with Crippen molar-refractivity contribution < 1.29 is 9.18 Å². The van der Waals surface area contributed by atoms with Crippen molar-refractivity contribution in [2.45, 2.75) is 25.4 Å². The summed E-state index contributed by atoms with van der Waals surface area (Å²) in [5, 5.41) is 0. The molecular weight excluding hydrogens is 387 g/mol. The van der Waals surface area contributed by atoms with Crippen molar-refractivity contribution >= 4 is 5.78 Å². The Balaban J connectivity index is 1.43. The van der Waals surface area contributed by atoms with Crippen molar-refractivity contribution in [1.82, 2.24) is 9.80 Å². The smallest absolute Gasteiger partial charge is 0.188 e. The second-order valence-electron chi connectivity index (χ2n) is 8.72. The SMILES string of the molecule is Cc1ccccc1CN1CCN(C2(c3cccc(F)c3)Cc3ccccc3C2=O)CC1. The molecule has 3 nitrogen and oxygen atoms in total. The van der Waals surface area contributed by atoms with E-state index in [9.17, 15) is 9.18 Å². The molecule has 1 heterocycles. The predicted molar refractivity (Wildman–Crippen MR) is 121 cm³/mol. The van der Waals surface area contributed by atoms with Crippen LogP contribution in [-0.4, -0.2) is 41.8 Å². The molecule has 0 amide bonds. The summed E-state index contributed by atoms with van der Waals surface area (Å²) in [6.45, 7) is 6.40. The van der Waals surface area contributed by atoms with Gasteiger partial charge < -0.3 is 0 Å². The molecule has 3 aromatic rings. The van der Waals surface area contributed by atoms with Gasteiger partial charge in [0.05, 0.1) is 0 Å². The summed E-state index contributed by atoms with van der Waals surface area (Å²) >= 11 is 0. The molecule has 4 heteroatoms. The summed E-state index contributed by atoms with van der Waals surface area (Å²) in [5.41, 5.74) is 4.43. The minimum atomic E-state index is -0.819. The summed E-state index contributed by atoms with van der Waals surface area (Å²) in [5.74, 6) is -0.195. The van der Waals surface area contributed by atoms with Gasteiger partial charge in [-0.3, -0.25) is 14.6 Å². The van der Waals surface area contributed by atoms with E-state index in [-0.39, 0.29) is 11.6 Å². The van der Waals surface area contributed by atoms with Crippen LogP contribution in [-0.2, 0) is 18.5 Å². The van der Waals surface area contributed by atoms with E-state index in [0.29, 0.717) is 6.42 Å². The van der Waals surface area contributed by atoms with Crippen molar-refractivity contribution in [3.63, 3.8) is 0 Å². The van der Waals surface area contributed by atoms with Crippen molar-refractivity contribution in [3.05, 3.63) is 106 Å². The second-order valence-corrected chi connectivity index (χ2v) is 8.72. The highest BCUT2D eigenvalue weighted by Gasteiger charge is 2.51. The molecule has 1 atom stereocenters. The first-order valence-corrected chi connectivity index (χ1v) is 11.0. The molecule has 0 N–H and O–H groups in total. The minimum absolute atomic E-state index is 0.0982. The third-order valence-corrected chi connectivity index (χ3v) is 6.95. The van der Waals surface area contributed by atoms with Gasteiger partial charge >= 0.3 is 0 Å². The zero-order valence-electron chi connectivity index (χ0n) is 17.9. The van der Waals surface area contributed by atoms with Gasteiger partial charge in [0, 0.05) is 44.7 Å². The Morgan fingerprint density at radius 1 is 0.903 bits per heavy atom. The quantitative estimate of drug-likeness (QED) is 0.624. The molecule has 2 aliphatic rings. The lowest BCUT2D eigenvalue weighted by molar-refractivity contribution is 0.0287. The fraction of sp³-hybridized carbons (Fsp3) is 0.296. The first kappa shape index (κ1) is 20.1. The Kier molecular flexibility index (Phi) is 5.20. The van der Waals surface area contributed by atoms with Crippen LogP contribution in [0.3, 0.4) is 0 Å². The van der Waals surface area contributed by atoms with Crippen LogP contribution in [0.4, 0.5) is 4.39 Å². The first-order valence-electron chi connectivity index (χ1n) is 11.0. The van der Waals surface area contributed by atoms with E-state index >= 15 is 0 Å². The number of benzene rings is 3. The lowest BCUT2D eigenvalue weighted by atomic mass is 9.83. The third-order valence-electron chi connectivity index (χ3n) is 6.95. The molecule has 1 aliphatic carbocycles. The lowest BCUT2D eigenvalue weighted by Crippen LogP contribution is -2.58. The van der Waals surface area contributed by atoms with Gasteiger partial charge in [-0.15, -0.1) is 0 Å². The summed E-state index contributed by atoms with van der Waals surface area (Å²) < 4.78 is 14.2. The predicted octanol–water partition coefficient (Wildman–Crippen LogP) is 4.59. The largest absolute Gasteiger partial charge is 0.297 e. The number of nitrogens with zero attached hydrogens (tertiary/aromatic N) is 2. The summed E-state index contributed by atoms with van der Waals surface area (Å²) in [7, 11) is 0. The van der Waals surface area contributed by atoms with Crippen molar-refractivity contribution in [2.75, 3.05) is 26.2 Å². The van der Waals surface area contributed by atoms with E-state index in [1.807, 2.05) is 30.3 Å². The van der Waals surface area contributed by atoms with Crippen molar-refractivity contribution in [2.24, 2.45) is 0 Å². The molecule has 0 radical (unpaired) electrons. The summed E-state index contributed by atoms with van der Waals surface area (Å²) in [4.78, 5) is 18.5. The molecule has 31 heavy (non-hydrogen) atoms. The maximum atomic E-state index is 14.2. The molecule has 1 aliphatic heterocycles. The van der Waals surface area contributed by atoms with Gasteiger partial charge in [0.2, 0.25) is 0 Å². The number of ketones is 1. The molecule has 1 fully saturated rings. The third kappa shape index (κ3) is 3.50. The Morgan fingerprint density at radius 2 is 1.65 bits per heavy atom. The van der Waals surface area contributed by atoms with Crippen LogP contribution in [0, 0.1) is 12.7 Å². The molecule has 3 aromatic carbocycles. The van der Waals surface area contributed by atoms with Gasteiger partial charge in [-0.2, -0.15) is 0 Å². The lowest BCUT2D eigenvalue weighted by Gasteiger charge is -2.45. The molecule has 158 valence electrons. The van der Waals surface area contributed by atoms with Crippen LogP contribution in [0.25, 0.3) is 0 Å². The first-order chi connectivity index (χ1) is 15.1.